The minimum Gasteiger partial charge on any atom is -0.324 e. The third-order valence-electron chi connectivity index (χ3n) is 5.21. The number of rotatable bonds is 4. The van der Waals surface area contributed by atoms with Gasteiger partial charge in [-0.3, -0.25) is 14.6 Å². The van der Waals surface area contributed by atoms with Crippen molar-refractivity contribution in [1.29, 1.82) is 0 Å². The van der Waals surface area contributed by atoms with Gasteiger partial charge in [0, 0.05) is 29.7 Å². The number of nitrogens with one attached hydrogen (secondary N) is 1. The van der Waals surface area contributed by atoms with Crippen LogP contribution in [0.4, 0.5) is 5.69 Å². The maximum Gasteiger partial charge on any atom is 0.267 e. The average molecular weight is 394 g/mol. The van der Waals surface area contributed by atoms with Gasteiger partial charge in [0.1, 0.15) is 6.54 Å². The molecule has 6 nitrogen and oxygen atoms in total. The Balaban J connectivity index is 1.34. The predicted molar refractivity (Wildman–Crippen MR) is 115 cm³/mol. The van der Waals surface area contributed by atoms with Crippen LogP contribution in [-0.2, 0) is 17.8 Å². The van der Waals surface area contributed by atoms with Crippen molar-refractivity contribution in [3.63, 3.8) is 0 Å². The number of hydrogen-bond acceptors (Lipinski definition) is 4. The third-order valence-corrected chi connectivity index (χ3v) is 5.21. The van der Waals surface area contributed by atoms with Crippen LogP contribution in [-0.4, -0.2) is 20.7 Å². The molecule has 1 aliphatic carbocycles. The molecule has 6 heteroatoms. The normalized spacial score (nSPS) is 11.6. The Labute approximate surface area is 172 Å². The van der Waals surface area contributed by atoms with E-state index in [9.17, 15) is 9.59 Å². The Bertz CT molecular complexity index is 1310. The van der Waals surface area contributed by atoms with Crippen LogP contribution in [0.25, 0.3) is 22.4 Å². The fourth-order valence-electron chi connectivity index (χ4n) is 3.80. The minimum absolute atomic E-state index is 0.158. The molecule has 1 amide bonds. The molecule has 0 saturated heterocycles. The number of nitrogens with zero attached hydrogens (tertiary/aromatic N) is 3. The molecule has 5 rings (SSSR count). The first kappa shape index (κ1) is 18.0. The lowest BCUT2D eigenvalue weighted by molar-refractivity contribution is -0.117. The Morgan fingerprint density at radius 1 is 0.933 bits per heavy atom. The number of hydrogen-bond donors (Lipinski definition) is 1. The number of carbonyl (C=O) groups excluding carboxylic acids is 1. The Kier molecular flexibility index (Phi) is 4.44. The number of benzene rings is 2. The van der Waals surface area contributed by atoms with Crippen molar-refractivity contribution < 1.29 is 4.79 Å². The number of anilines is 1. The number of carbonyl (C=O) groups is 1. The molecule has 1 N–H and O–H groups in total. The van der Waals surface area contributed by atoms with Gasteiger partial charge in [0.15, 0.2) is 0 Å². The summed E-state index contributed by atoms with van der Waals surface area (Å²) in [4.78, 5) is 28.7. The molecule has 0 bridgehead atoms. The molecular weight excluding hydrogens is 376 g/mol. The van der Waals surface area contributed by atoms with Gasteiger partial charge in [0.2, 0.25) is 5.91 Å². The van der Waals surface area contributed by atoms with E-state index in [-0.39, 0.29) is 18.0 Å². The number of pyridine rings is 1. The van der Waals surface area contributed by atoms with Crippen LogP contribution in [0.2, 0.25) is 0 Å². The molecule has 0 unspecified atom stereocenters. The van der Waals surface area contributed by atoms with Gasteiger partial charge in [0.05, 0.1) is 5.69 Å². The monoisotopic (exact) mass is 394 g/mol. The van der Waals surface area contributed by atoms with E-state index in [0.29, 0.717) is 11.4 Å². The van der Waals surface area contributed by atoms with Gasteiger partial charge >= 0.3 is 0 Å². The summed E-state index contributed by atoms with van der Waals surface area (Å²) in [5, 5.41) is 7.21. The molecule has 0 fully saturated rings. The summed E-state index contributed by atoms with van der Waals surface area (Å²) in [7, 11) is 0. The summed E-state index contributed by atoms with van der Waals surface area (Å²) in [6.45, 7) is -0.158. The van der Waals surface area contributed by atoms with E-state index in [4.69, 9.17) is 0 Å². The molecule has 4 aromatic rings. The highest BCUT2D eigenvalue weighted by Crippen LogP contribution is 2.37. The van der Waals surface area contributed by atoms with Crippen molar-refractivity contribution in [2.75, 3.05) is 5.32 Å². The maximum absolute atomic E-state index is 12.6. The van der Waals surface area contributed by atoms with Crippen LogP contribution in [0.1, 0.15) is 11.1 Å². The van der Waals surface area contributed by atoms with Crippen molar-refractivity contribution in [3.05, 3.63) is 101 Å². The van der Waals surface area contributed by atoms with Gasteiger partial charge in [-0.25, -0.2) is 4.68 Å². The lowest BCUT2D eigenvalue weighted by Gasteiger charge is -2.10. The topological polar surface area (TPSA) is 76.9 Å². The zero-order valence-electron chi connectivity index (χ0n) is 16.1. The Hall–Kier alpha value is -4.06. The van der Waals surface area contributed by atoms with Crippen LogP contribution in [0.3, 0.4) is 0 Å². The van der Waals surface area contributed by atoms with E-state index < -0.39 is 0 Å². The minimum atomic E-state index is -0.327. The van der Waals surface area contributed by atoms with Gasteiger partial charge in [-0.2, -0.15) is 5.10 Å². The van der Waals surface area contributed by atoms with Gasteiger partial charge in [-0.15, -0.1) is 0 Å². The van der Waals surface area contributed by atoms with E-state index in [1.54, 1.807) is 30.6 Å². The van der Waals surface area contributed by atoms with E-state index in [1.807, 2.05) is 30.3 Å². The zero-order valence-corrected chi connectivity index (χ0v) is 16.1. The quantitative estimate of drug-likeness (QED) is 0.506. The first-order valence-electron chi connectivity index (χ1n) is 9.67. The zero-order chi connectivity index (χ0) is 20.5. The van der Waals surface area contributed by atoms with Crippen LogP contribution >= 0.6 is 0 Å². The molecular formula is C24H18N4O2. The summed E-state index contributed by atoms with van der Waals surface area (Å²) >= 11 is 0. The third kappa shape index (κ3) is 3.39. The molecule has 0 aliphatic heterocycles. The summed E-state index contributed by atoms with van der Waals surface area (Å²) in [5.74, 6) is -0.299. The van der Waals surface area contributed by atoms with Crippen LogP contribution < -0.4 is 10.9 Å². The van der Waals surface area contributed by atoms with Gasteiger partial charge in [-0.05, 0) is 59.0 Å². The lowest BCUT2D eigenvalue weighted by atomic mass is 10.1. The fraction of sp³-hybridized carbons (Fsp3) is 0.0833. The second-order valence-corrected chi connectivity index (χ2v) is 7.20. The maximum atomic E-state index is 12.6. The summed E-state index contributed by atoms with van der Waals surface area (Å²) in [6, 6.07) is 20.9. The Morgan fingerprint density at radius 2 is 1.73 bits per heavy atom. The molecule has 2 aromatic carbocycles. The molecule has 0 atom stereocenters. The molecule has 146 valence electrons. The van der Waals surface area contributed by atoms with Gasteiger partial charge in [-0.1, -0.05) is 30.3 Å². The van der Waals surface area contributed by atoms with E-state index >= 15 is 0 Å². The Morgan fingerprint density at radius 3 is 2.60 bits per heavy atom. The first-order valence-corrected chi connectivity index (χ1v) is 9.67. The van der Waals surface area contributed by atoms with E-state index in [1.165, 1.54) is 33.0 Å². The summed E-state index contributed by atoms with van der Waals surface area (Å²) < 4.78 is 1.17. The van der Waals surface area contributed by atoms with Crippen LogP contribution in [0.5, 0.6) is 0 Å². The van der Waals surface area contributed by atoms with E-state index in [0.717, 1.165) is 12.0 Å². The van der Waals surface area contributed by atoms with Crippen molar-refractivity contribution in [1.82, 2.24) is 14.8 Å². The highest BCUT2D eigenvalue weighted by atomic mass is 16.2. The summed E-state index contributed by atoms with van der Waals surface area (Å²) in [5.41, 5.74) is 6.75. The van der Waals surface area contributed by atoms with Gasteiger partial charge < -0.3 is 5.32 Å². The second kappa shape index (κ2) is 7.40. The number of aromatic nitrogens is 3. The molecule has 0 spiro atoms. The fourth-order valence-corrected chi connectivity index (χ4v) is 3.80. The largest absolute Gasteiger partial charge is 0.324 e. The highest BCUT2D eigenvalue weighted by Gasteiger charge is 2.18. The van der Waals surface area contributed by atoms with Crippen molar-refractivity contribution >= 4 is 11.6 Å². The average Bonchev–Trinajstić information content (AvgIpc) is 3.13. The highest BCUT2D eigenvalue weighted by molar-refractivity contribution is 5.91. The summed E-state index contributed by atoms with van der Waals surface area (Å²) in [6.07, 6.45) is 4.17. The number of amides is 1. The molecule has 30 heavy (non-hydrogen) atoms. The van der Waals surface area contributed by atoms with Crippen molar-refractivity contribution in [2.45, 2.75) is 13.0 Å². The van der Waals surface area contributed by atoms with E-state index in [2.05, 4.69) is 27.5 Å². The van der Waals surface area contributed by atoms with Crippen molar-refractivity contribution in [3.8, 4) is 22.4 Å². The second-order valence-electron chi connectivity index (χ2n) is 7.20. The smallest absolute Gasteiger partial charge is 0.267 e. The van der Waals surface area contributed by atoms with Gasteiger partial charge in [0.25, 0.3) is 5.56 Å². The molecule has 0 saturated carbocycles. The standard InChI is InChI=1S/C24H18N4O2/c29-23(15-28-24(30)8-7-22(27-28)16-9-11-25-12-10-16)26-19-5-6-21-18(14-19)13-17-3-1-2-4-20(17)21/h1-12,14H,13,15H2,(H,26,29). The predicted octanol–water partition coefficient (Wildman–Crippen LogP) is 3.52. The van der Waals surface area contributed by atoms with Crippen LogP contribution in [0, 0.1) is 0 Å². The molecule has 2 heterocycles. The lowest BCUT2D eigenvalue weighted by Crippen LogP contribution is -2.29. The molecule has 0 radical (unpaired) electrons. The number of fused-ring (bicyclic) bond motifs is 3. The SMILES string of the molecule is O=C(Cn1nc(-c2ccncc2)ccc1=O)Nc1ccc2c(c1)Cc1ccccc1-2. The van der Waals surface area contributed by atoms with Crippen molar-refractivity contribution in [2.24, 2.45) is 0 Å². The van der Waals surface area contributed by atoms with Crippen LogP contribution in [0.15, 0.2) is 83.9 Å². The molecule has 2 aromatic heterocycles. The first-order chi connectivity index (χ1) is 14.7. The molecule has 1 aliphatic rings.